The third kappa shape index (κ3) is 3.66. The number of allylic oxidation sites excluding steroid dienone is 2. The molecule has 0 aromatic heterocycles. The molecular weight excluding hydrogens is 288 g/mol. The number of rotatable bonds is 5. The van der Waals surface area contributed by atoms with Crippen molar-refractivity contribution in [1.82, 2.24) is 0 Å². The number of nitro groups is 2. The molecule has 0 heterocycles. The number of nitrogens with zero attached hydrogens (tertiary/aromatic N) is 3. The van der Waals surface area contributed by atoms with E-state index in [0.29, 0.717) is 0 Å². The number of benzene rings is 1. The van der Waals surface area contributed by atoms with Crippen LogP contribution in [-0.4, -0.2) is 15.6 Å². The van der Waals surface area contributed by atoms with Crippen molar-refractivity contribution in [3.8, 4) is 0 Å². The Kier molecular flexibility index (Phi) is 4.82. The Morgan fingerprint density at radius 3 is 2.59 bits per heavy atom. The van der Waals surface area contributed by atoms with Crippen LogP contribution in [0, 0.1) is 20.2 Å². The molecule has 0 radical (unpaired) electrons. The van der Waals surface area contributed by atoms with E-state index in [1.165, 1.54) is 12.1 Å². The average molecular weight is 304 g/mol. The van der Waals surface area contributed by atoms with Crippen LogP contribution in [0.4, 0.5) is 17.1 Å². The van der Waals surface area contributed by atoms with E-state index in [9.17, 15) is 20.2 Å². The van der Waals surface area contributed by atoms with Gasteiger partial charge in [0.25, 0.3) is 5.69 Å². The van der Waals surface area contributed by atoms with Crippen molar-refractivity contribution >= 4 is 22.8 Å². The predicted octanol–water partition coefficient (Wildman–Crippen LogP) is 3.79. The highest BCUT2D eigenvalue weighted by atomic mass is 16.6. The number of nitro benzene ring substituents is 2. The summed E-state index contributed by atoms with van der Waals surface area (Å²) in [6, 6.07) is 3.43. The highest BCUT2D eigenvalue weighted by molar-refractivity contribution is 5.98. The molecule has 1 aliphatic rings. The van der Waals surface area contributed by atoms with Gasteiger partial charge in [-0.05, 0) is 44.2 Å². The molecule has 0 saturated carbocycles. The third-order valence-corrected chi connectivity index (χ3v) is 3.49. The summed E-state index contributed by atoms with van der Waals surface area (Å²) in [6.07, 6.45) is 6.35. The Morgan fingerprint density at radius 1 is 1.23 bits per heavy atom. The summed E-state index contributed by atoms with van der Waals surface area (Å²) < 4.78 is 0. The largest absolute Gasteiger partial charge is 0.301 e. The number of hydrazone groups is 1. The molecule has 0 atom stereocenters. The van der Waals surface area contributed by atoms with Crippen molar-refractivity contribution < 1.29 is 9.85 Å². The smallest absolute Gasteiger partial charge is 0.271 e. The molecule has 8 heteroatoms. The standard InChI is InChI=1S/C14H16N4O4/c1-10(11-5-3-2-4-6-11)15-16-13-8-7-12(17(19)20)9-14(13)18(21)22/h5,7-9,16H,2-4,6H2,1H3. The second-order valence-corrected chi connectivity index (χ2v) is 5.00. The molecule has 0 bridgehead atoms. The van der Waals surface area contributed by atoms with Gasteiger partial charge in [0.05, 0.1) is 21.6 Å². The van der Waals surface area contributed by atoms with Gasteiger partial charge in [0.15, 0.2) is 0 Å². The van der Waals surface area contributed by atoms with E-state index in [2.05, 4.69) is 16.6 Å². The van der Waals surface area contributed by atoms with E-state index < -0.39 is 9.85 Å². The molecule has 0 saturated heterocycles. The van der Waals surface area contributed by atoms with Gasteiger partial charge in [0.2, 0.25) is 0 Å². The van der Waals surface area contributed by atoms with Crippen LogP contribution in [-0.2, 0) is 0 Å². The molecule has 1 aliphatic carbocycles. The van der Waals surface area contributed by atoms with Crippen LogP contribution in [0.25, 0.3) is 0 Å². The first-order valence-corrected chi connectivity index (χ1v) is 6.91. The number of nitrogens with one attached hydrogen (secondary N) is 1. The highest BCUT2D eigenvalue weighted by Crippen LogP contribution is 2.29. The lowest BCUT2D eigenvalue weighted by molar-refractivity contribution is -0.393. The number of anilines is 1. The topological polar surface area (TPSA) is 111 Å². The van der Waals surface area contributed by atoms with Gasteiger partial charge in [-0.15, -0.1) is 0 Å². The summed E-state index contributed by atoms with van der Waals surface area (Å²) in [7, 11) is 0. The van der Waals surface area contributed by atoms with Crippen LogP contribution in [0.2, 0.25) is 0 Å². The predicted molar refractivity (Wildman–Crippen MR) is 83.0 cm³/mol. The summed E-state index contributed by atoms with van der Waals surface area (Å²) in [6.45, 7) is 1.83. The number of non-ortho nitro benzene ring substituents is 1. The van der Waals surface area contributed by atoms with Gasteiger partial charge in [0.1, 0.15) is 5.69 Å². The first-order valence-electron chi connectivity index (χ1n) is 6.91. The molecule has 0 aliphatic heterocycles. The van der Waals surface area contributed by atoms with E-state index in [0.717, 1.165) is 43.0 Å². The molecule has 2 rings (SSSR count). The second kappa shape index (κ2) is 6.79. The van der Waals surface area contributed by atoms with Crippen molar-refractivity contribution in [3.05, 3.63) is 50.1 Å². The average Bonchev–Trinajstić information content (AvgIpc) is 2.53. The summed E-state index contributed by atoms with van der Waals surface area (Å²) in [5.74, 6) is 0. The minimum absolute atomic E-state index is 0.131. The minimum Gasteiger partial charge on any atom is -0.271 e. The SMILES string of the molecule is CC(=NNc1ccc([N+](=O)[O-])cc1[N+](=O)[O-])C1=CCCCC1. The lowest BCUT2D eigenvalue weighted by atomic mass is 9.97. The Bertz CT molecular complexity index is 667. The summed E-state index contributed by atoms with van der Waals surface area (Å²) in [5, 5.41) is 25.9. The third-order valence-electron chi connectivity index (χ3n) is 3.49. The molecule has 22 heavy (non-hydrogen) atoms. The van der Waals surface area contributed by atoms with Gasteiger partial charge < -0.3 is 0 Å². The zero-order valence-corrected chi connectivity index (χ0v) is 12.1. The van der Waals surface area contributed by atoms with Crippen LogP contribution in [0.1, 0.15) is 32.6 Å². The van der Waals surface area contributed by atoms with Gasteiger partial charge in [-0.25, -0.2) is 0 Å². The fourth-order valence-corrected chi connectivity index (χ4v) is 2.26. The van der Waals surface area contributed by atoms with E-state index in [1.807, 2.05) is 6.92 Å². The Labute approximate surface area is 126 Å². The lowest BCUT2D eigenvalue weighted by Gasteiger charge is -2.12. The zero-order valence-electron chi connectivity index (χ0n) is 12.1. The normalized spacial score (nSPS) is 15.1. The van der Waals surface area contributed by atoms with Gasteiger partial charge in [-0.1, -0.05) is 6.08 Å². The fraction of sp³-hybridized carbons (Fsp3) is 0.357. The molecule has 0 unspecified atom stereocenters. The molecule has 0 fully saturated rings. The van der Waals surface area contributed by atoms with Crippen LogP contribution < -0.4 is 5.43 Å². The molecule has 116 valence electrons. The molecular formula is C14H16N4O4. The van der Waals surface area contributed by atoms with E-state index in [4.69, 9.17) is 0 Å². The summed E-state index contributed by atoms with van der Waals surface area (Å²) in [4.78, 5) is 20.4. The molecule has 0 amide bonds. The number of hydrogen-bond acceptors (Lipinski definition) is 6. The maximum Gasteiger partial charge on any atom is 0.301 e. The first kappa shape index (κ1) is 15.6. The quantitative estimate of drug-likeness (QED) is 0.505. The van der Waals surface area contributed by atoms with Crippen LogP contribution in [0.5, 0.6) is 0 Å². The van der Waals surface area contributed by atoms with E-state index >= 15 is 0 Å². The maximum atomic E-state index is 11.0. The van der Waals surface area contributed by atoms with E-state index in [-0.39, 0.29) is 17.1 Å². The van der Waals surface area contributed by atoms with Crippen molar-refractivity contribution in [2.45, 2.75) is 32.6 Å². The van der Waals surface area contributed by atoms with Crippen molar-refractivity contribution in [3.63, 3.8) is 0 Å². The molecule has 1 aromatic rings. The fourth-order valence-electron chi connectivity index (χ4n) is 2.26. The van der Waals surface area contributed by atoms with Crippen molar-refractivity contribution in [1.29, 1.82) is 0 Å². The Hall–Kier alpha value is -2.77. The van der Waals surface area contributed by atoms with Gasteiger partial charge in [-0.3, -0.25) is 25.7 Å². The maximum absolute atomic E-state index is 11.0. The molecule has 1 aromatic carbocycles. The molecule has 1 N–H and O–H groups in total. The highest BCUT2D eigenvalue weighted by Gasteiger charge is 2.19. The number of hydrogen-bond donors (Lipinski definition) is 1. The summed E-state index contributed by atoms with van der Waals surface area (Å²) >= 11 is 0. The van der Waals surface area contributed by atoms with Crippen LogP contribution in [0.15, 0.2) is 34.9 Å². The zero-order chi connectivity index (χ0) is 16.1. The second-order valence-electron chi connectivity index (χ2n) is 5.00. The Morgan fingerprint density at radius 2 is 2.00 bits per heavy atom. The van der Waals surface area contributed by atoms with Crippen LogP contribution >= 0.6 is 0 Å². The van der Waals surface area contributed by atoms with Gasteiger partial charge >= 0.3 is 5.69 Å². The monoisotopic (exact) mass is 304 g/mol. The first-order chi connectivity index (χ1) is 10.5. The molecule has 0 spiro atoms. The van der Waals surface area contributed by atoms with E-state index in [1.54, 1.807) is 0 Å². The lowest BCUT2D eigenvalue weighted by Crippen LogP contribution is -2.05. The molecule has 8 nitrogen and oxygen atoms in total. The summed E-state index contributed by atoms with van der Waals surface area (Å²) in [5.41, 5.74) is 3.97. The van der Waals surface area contributed by atoms with Crippen molar-refractivity contribution in [2.75, 3.05) is 5.43 Å². The Balaban J connectivity index is 2.23. The van der Waals surface area contributed by atoms with Crippen LogP contribution in [0.3, 0.4) is 0 Å². The van der Waals surface area contributed by atoms with Gasteiger partial charge in [0, 0.05) is 6.07 Å². The minimum atomic E-state index is -0.669. The van der Waals surface area contributed by atoms with Gasteiger partial charge in [-0.2, -0.15) is 5.10 Å². The van der Waals surface area contributed by atoms with Crippen molar-refractivity contribution in [2.24, 2.45) is 5.10 Å².